The highest BCUT2D eigenvalue weighted by Gasteiger charge is 2.11. The van der Waals surface area contributed by atoms with Gasteiger partial charge in [0.25, 0.3) is 5.91 Å². The van der Waals surface area contributed by atoms with Gasteiger partial charge in [0.15, 0.2) is 5.13 Å². The van der Waals surface area contributed by atoms with E-state index in [0.717, 1.165) is 26.9 Å². The van der Waals surface area contributed by atoms with Crippen LogP contribution in [0, 0.1) is 0 Å². The average molecular weight is 318 g/mol. The minimum atomic E-state index is -0.115. The molecule has 0 bridgehead atoms. The van der Waals surface area contributed by atoms with E-state index in [-0.39, 0.29) is 5.91 Å². The van der Waals surface area contributed by atoms with E-state index in [4.69, 9.17) is 0 Å². The van der Waals surface area contributed by atoms with Crippen LogP contribution < -0.4 is 10.6 Å². The van der Waals surface area contributed by atoms with Gasteiger partial charge in [-0.1, -0.05) is 23.5 Å². The molecule has 7 heteroatoms. The first kappa shape index (κ1) is 14.0. The number of rotatable bonds is 5. The molecule has 0 radical (unpaired) electrons. The van der Waals surface area contributed by atoms with Gasteiger partial charge in [-0.25, -0.2) is 9.97 Å². The van der Waals surface area contributed by atoms with E-state index in [9.17, 15) is 4.79 Å². The van der Waals surface area contributed by atoms with E-state index >= 15 is 0 Å². The summed E-state index contributed by atoms with van der Waals surface area (Å²) in [6.07, 6.45) is 1.59. The zero-order valence-corrected chi connectivity index (χ0v) is 13.1. The summed E-state index contributed by atoms with van der Waals surface area (Å²) in [4.78, 5) is 21.3. The number of thiazole rings is 2. The molecule has 0 unspecified atom stereocenters. The predicted molar refractivity (Wildman–Crippen MR) is 87.1 cm³/mol. The first-order chi connectivity index (χ1) is 10.3. The molecule has 1 amide bonds. The summed E-state index contributed by atoms with van der Waals surface area (Å²) in [5.74, 6) is -0.115. The lowest BCUT2D eigenvalue weighted by Gasteiger charge is -1.99. The summed E-state index contributed by atoms with van der Waals surface area (Å²) in [6.45, 7) is 3.22. The SMILES string of the molecule is CCNc1ncc(C(=O)NCc2nc3ccccc3s2)s1. The molecule has 5 nitrogen and oxygen atoms in total. The van der Waals surface area contributed by atoms with Crippen LogP contribution >= 0.6 is 22.7 Å². The fourth-order valence-corrected chi connectivity index (χ4v) is 3.56. The number of hydrogen-bond donors (Lipinski definition) is 2. The normalized spacial score (nSPS) is 10.7. The summed E-state index contributed by atoms with van der Waals surface area (Å²) < 4.78 is 1.13. The van der Waals surface area contributed by atoms with E-state index in [1.54, 1.807) is 17.5 Å². The Labute approximate surface area is 130 Å². The molecule has 0 fully saturated rings. The second kappa shape index (κ2) is 6.19. The van der Waals surface area contributed by atoms with Gasteiger partial charge in [0, 0.05) is 6.54 Å². The Morgan fingerprint density at radius 3 is 2.95 bits per heavy atom. The minimum absolute atomic E-state index is 0.115. The summed E-state index contributed by atoms with van der Waals surface area (Å²) in [7, 11) is 0. The summed E-state index contributed by atoms with van der Waals surface area (Å²) in [6, 6.07) is 7.96. The lowest BCUT2D eigenvalue weighted by atomic mass is 10.3. The van der Waals surface area contributed by atoms with Gasteiger partial charge in [0.2, 0.25) is 0 Å². The number of amides is 1. The third-order valence-corrected chi connectivity index (χ3v) is 4.79. The van der Waals surface area contributed by atoms with E-state index in [0.29, 0.717) is 11.4 Å². The number of nitrogens with zero attached hydrogens (tertiary/aromatic N) is 2. The molecule has 0 atom stereocenters. The van der Waals surface area contributed by atoms with Gasteiger partial charge in [0.05, 0.1) is 23.0 Å². The largest absolute Gasteiger partial charge is 0.362 e. The molecule has 2 aromatic heterocycles. The second-order valence-corrected chi connectivity index (χ2v) is 6.46. The molecule has 0 aliphatic heterocycles. The number of aromatic nitrogens is 2. The Balaban J connectivity index is 1.64. The number of nitrogens with one attached hydrogen (secondary N) is 2. The van der Waals surface area contributed by atoms with Crippen molar-refractivity contribution in [3.8, 4) is 0 Å². The Kier molecular flexibility index (Phi) is 4.12. The first-order valence-electron chi connectivity index (χ1n) is 6.58. The molecule has 2 heterocycles. The molecular weight excluding hydrogens is 304 g/mol. The molecule has 1 aromatic carbocycles. The topological polar surface area (TPSA) is 66.9 Å². The monoisotopic (exact) mass is 318 g/mol. The standard InChI is InChI=1S/C14H14N4OS2/c1-2-15-14-17-7-11(21-14)13(19)16-8-12-18-9-5-3-4-6-10(9)20-12/h3-7H,2,8H2,1H3,(H,15,17)(H,16,19). The van der Waals surface area contributed by atoms with E-state index in [1.165, 1.54) is 11.3 Å². The summed E-state index contributed by atoms with van der Waals surface area (Å²) >= 11 is 2.95. The lowest BCUT2D eigenvalue weighted by molar-refractivity contribution is 0.0954. The fourth-order valence-electron chi connectivity index (χ4n) is 1.85. The average Bonchev–Trinajstić information content (AvgIpc) is 3.11. The summed E-state index contributed by atoms with van der Waals surface area (Å²) in [5.41, 5.74) is 0.971. The van der Waals surface area contributed by atoms with Gasteiger partial charge < -0.3 is 10.6 Å². The van der Waals surface area contributed by atoms with Gasteiger partial charge in [-0.3, -0.25) is 4.79 Å². The third-order valence-electron chi connectivity index (χ3n) is 2.80. The molecule has 3 rings (SSSR count). The van der Waals surface area contributed by atoms with E-state index in [1.807, 2.05) is 31.2 Å². The Morgan fingerprint density at radius 2 is 2.14 bits per heavy atom. The zero-order valence-electron chi connectivity index (χ0n) is 11.4. The van der Waals surface area contributed by atoms with Crippen molar-refractivity contribution in [2.45, 2.75) is 13.5 Å². The second-order valence-electron chi connectivity index (χ2n) is 4.32. The van der Waals surface area contributed by atoms with Crippen LogP contribution in [0.2, 0.25) is 0 Å². The van der Waals surface area contributed by atoms with Crippen LogP contribution in [0.3, 0.4) is 0 Å². The van der Waals surface area contributed by atoms with Crippen molar-refractivity contribution in [2.75, 3.05) is 11.9 Å². The number of carbonyl (C=O) groups excluding carboxylic acids is 1. The van der Waals surface area contributed by atoms with Gasteiger partial charge in [0.1, 0.15) is 9.88 Å². The van der Waals surface area contributed by atoms with Gasteiger partial charge >= 0.3 is 0 Å². The van der Waals surface area contributed by atoms with Crippen molar-refractivity contribution >= 4 is 43.9 Å². The predicted octanol–water partition coefficient (Wildman–Crippen LogP) is 3.11. The number of benzene rings is 1. The molecule has 0 saturated carbocycles. The Morgan fingerprint density at radius 1 is 1.29 bits per heavy atom. The van der Waals surface area contributed by atoms with Crippen LogP contribution in [0.15, 0.2) is 30.5 Å². The maximum Gasteiger partial charge on any atom is 0.263 e. The lowest BCUT2D eigenvalue weighted by Crippen LogP contribution is -2.21. The van der Waals surface area contributed by atoms with Crippen LogP contribution in [-0.2, 0) is 6.54 Å². The van der Waals surface area contributed by atoms with Crippen molar-refractivity contribution < 1.29 is 4.79 Å². The fraction of sp³-hybridized carbons (Fsp3) is 0.214. The molecule has 0 aliphatic rings. The molecule has 2 N–H and O–H groups in total. The van der Waals surface area contributed by atoms with Gasteiger partial charge in [-0.15, -0.1) is 11.3 Å². The number of carbonyl (C=O) groups is 1. The highest BCUT2D eigenvalue weighted by atomic mass is 32.1. The molecule has 108 valence electrons. The highest BCUT2D eigenvalue weighted by molar-refractivity contribution is 7.18. The highest BCUT2D eigenvalue weighted by Crippen LogP contribution is 2.22. The zero-order chi connectivity index (χ0) is 14.7. The van der Waals surface area contributed by atoms with Gasteiger partial charge in [-0.05, 0) is 19.1 Å². The molecule has 3 aromatic rings. The van der Waals surface area contributed by atoms with Crippen LogP contribution in [0.1, 0.15) is 21.6 Å². The van der Waals surface area contributed by atoms with E-state index < -0.39 is 0 Å². The quantitative estimate of drug-likeness (QED) is 0.758. The maximum atomic E-state index is 12.1. The van der Waals surface area contributed by atoms with Crippen molar-refractivity contribution in [2.24, 2.45) is 0 Å². The number of para-hydroxylation sites is 1. The smallest absolute Gasteiger partial charge is 0.263 e. The van der Waals surface area contributed by atoms with Crippen molar-refractivity contribution in [3.63, 3.8) is 0 Å². The van der Waals surface area contributed by atoms with Gasteiger partial charge in [-0.2, -0.15) is 0 Å². The van der Waals surface area contributed by atoms with Crippen molar-refractivity contribution in [1.29, 1.82) is 0 Å². The number of anilines is 1. The van der Waals surface area contributed by atoms with Crippen LogP contribution in [0.25, 0.3) is 10.2 Å². The van der Waals surface area contributed by atoms with Crippen molar-refractivity contribution in [3.05, 3.63) is 40.3 Å². The molecule has 0 spiro atoms. The first-order valence-corrected chi connectivity index (χ1v) is 8.22. The van der Waals surface area contributed by atoms with Crippen molar-refractivity contribution in [1.82, 2.24) is 15.3 Å². The summed E-state index contributed by atoms with van der Waals surface area (Å²) in [5, 5.41) is 7.64. The molecular formula is C14H14N4OS2. The van der Waals surface area contributed by atoms with E-state index in [2.05, 4.69) is 20.6 Å². The van der Waals surface area contributed by atoms with Crippen LogP contribution in [-0.4, -0.2) is 22.4 Å². The maximum absolute atomic E-state index is 12.1. The van der Waals surface area contributed by atoms with Crippen LogP contribution in [0.5, 0.6) is 0 Å². The minimum Gasteiger partial charge on any atom is -0.362 e. The Hall–Kier alpha value is -1.99. The third kappa shape index (κ3) is 3.20. The number of hydrogen-bond acceptors (Lipinski definition) is 6. The molecule has 0 saturated heterocycles. The molecule has 0 aliphatic carbocycles. The van der Waals surface area contributed by atoms with Crippen LogP contribution in [0.4, 0.5) is 5.13 Å². The molecule has 21 heavy (non-hydrogen) atoms. The Bertz CT molecular complexity index is 732. The number of fused-ring (bicyclic) bond motifs is 1.